The fourth-order valence-electron chi connectivity index (χ4n) is 7.55. The molecule has 8 aromatic rings. The summed E-state index contributed by atoms with van der Waals surface area (Å²) in [4.78, 5) is 20.6. The molecule has 6 aromatic carbocycles. The number of aromatic nitrogens is 4. The fourth-order valence-corrected chi connectivity index (χ4v) is 9.93. The average Bonchev–Trinajstić information content (AvgIpc) is 3.60. The summed E-state index contributed by atoms with van der Waals surface area (Å²) in [6, 6.07) is 47.2. The molecule has 10 rings (SSSR count). The summed E-state index contributed by atoms with van der Waals surface area (Å²) in [5, 5.41) is 2.48. The molecule has 0 amide bonds. The summed E-state index contributed by atoms with van der Waals surface area (Å²) in [6.45, 7) is 4.73. The van der Waals surface area contributed by atoms with Gasteiger partial charge >= 0.3 is 0 Å². The minimum absolute atomic E-state index is 0.182. The predicted molar refractivity (Wildman–Crippen MR) is 197 cm³/mol. The third-order valence-electron chi connectivity index (χ3n) is 9.70. The molecule has 48 heavy (non-hydrogen) atoms. The Morgan fingerprint density at radius 2 is 1.17 bits per heavy atom. The molecule has 0 atom stereocenters. The lowest BCUT2D eigenvalue weighted by Gasteiger charge is -2.22. The minimum atomic E-state index is -0.182. The Morgan fingerprint density at radius 1 is 0.542 bits per heavy atom. The van der Waals surface area contributed by atoms with Gasteiger partial charge in [-0.3, -0.25) is 4.57 Å². The molecule has 1 aliphatic carbocycles. The molecule has 0 fully saturated rings. The van der Waals surface area contributed by atoms with Crippen LogP contribution in [0.3, 0.4) is 0 Å². The van der Waals surface area contributed by atoms with Gasteiger partial charge in [0.15, 0.2) is 11.6 Å². The van der Waals surface area contributed by atoms with E-state index >= 15 is 0 Å². The molecule has 0 N–H and O–H groups in total. The first-order valence-electron chi connectivity index (χ1n) is 16.1. The smallest absolute Gasteiger partial charge is 0.238 e. The van der Waals surface area contributed by atoms with E-state index in [0.29, 0.717) is 17.6 Å². The summed E-state index contributed by atoms with van der Waals surface area (Å²) in [5.41, 5.74) is 9.31. The average molecular weight is 653 g/mol. The number of rotatable bonds is 3. The Morgan fingerprint density at radius 3 is 1.88 bits per heavy atom. The summed E-state index contributed by atoms with van der Waals surface area (Å²) in [7, 11) is 0. The number of fused-ring (bicyclic) bond motifs is 10. The number of hydrogen-bond acceptors (Lipinski definition) is 5. The summed E-state index contributed by atoms with van der Waals surface area (Å²) in [6.07, 6.45) is 0. The highest BCUT2D eigenvalue weighted by Crippen LogP contribution is 2.56. The monoisotopic (exact) mass is 652 g/mol. The third-order valence-corrected chi connectivity index (χ3v) is 12.3. The van der Waals surface area contributed by atoms with Crippen LogP contribution in [0.4, 0.5) is 0 Å². The van der Waals surface area contributed by atoms with Gasteiger partial charge in [0.1, 0.15) is 0 Å². The van der Waals surface area contributed by atoms with Gasteiger partial charge in [-0.1, -0.05) is 147 Å². The van der Waals surface area contributed by atoms with Crippen LogP contribution in [0.2, 0.25) is 0 Å². The van der Waals surface area contributed by atoms with Crippen LogP contribution in [-0.2, 0) is 5.41 Å². The molecule has 0 spiro atoms. The summed E-state index contributed by atoms with van der Waals surface area (Å²) in [5.74, 6) is 1.93. The molecule has 228 valence electrons. The highest BCUT2D eigenvalue weighted by molar-refractivity contribution is 8.05. The van der Waals surface area contributed by atoms with Crippen molar-refractivity contribution in [1.82, 2.24) is 19.5 Å². The predicted octanol–water partition coefficient (Wildman–Crippen LogP) is 11.2. The molecule has 0 saturated heterocycles. The third kappa shape index (κ3) is 4.03. The first-order valence-corrected chi connectivity index (χ1v) is 17.8. The Balaban J connectivity index is 1.34. The standard InChI is InChI=1S/C42H28N4S2/c1-42(2)30-18-10-9-17-27(30)28-21-23-31-35(36(28)42)29-22-24-34-38(48-33-20-12-11-19-32(33)47-34)37(29)46(31)41-44-39(25-13-5-3-6-14-25)43-40(45-41)26-15-7-4-8-16-26/h3-24H,1-2H3. The van der Waals surface area contributed by atoms with E-state index in [1.165, 1.54) is 52.6 Å². The Bertz CT molecular complexity index is 2530. The molecule has 0 unspecified atom stereocenters. The van der Waals surface area contributed by atoms with Crippen LogP contribution < -0.4 is 0 Å². The van der Waals surface area contributed by atoms with E-state index in [1.54, 1.807) is 0 Å². The van der Waals surface area contributed by atoms with Gasteiger partial charge in [-0.25, -0.2) is 4.98 Å². The number of hydrogen-bond donors (Lipinski definition) is 0. The van der Waals surface area contributed by atoms with Gasteiger partial charge in [0.2, 0.25) is 5.95 Å². The van der Waals surface area contributed by atoms with Gasteiger partial charge in [-0.05, 0) is 46.5 Å². The van der Waals surface area contributed by atoms with Gasteiger partial charge in [0.05, 0.1) is 15.9 Å². The highest BCUT2D eigenvalue weighted by atomic mass is 32.2. The zero-order chi connectivity index (χ0) is 32.0. The van der Waals surface area contributed by atoms with Crippen LogP contribution in [0, 0.1) is 0 Å². The molecule has 0 radical (unpaired) electrons. The van der Waals surface area contributed by atoms with E-state index in [-0.39, 0.29) is 5.41 Å². The first-order chi connectivity index (χ1) is 23.6. The topological polar surface area (TPSA) is 43.6 Å². The van der Waals surface area contributed by atoms with E-state index in [2.05, 4.69) is 115 Å². The molecule has 2 aromatic heterocycles. The molecule has 4 nitrogen and oxygen atoms in total. The van der Waals surface area contributed by atoms with Crippen LogP contribution in [-0.4, -0.2) is 19.5 Å². The maximum atomic E-state index is 5.26. The largest absolute Gasteiger partial charge is 0.277 e. The quantitative estimate of drug-likeness (QED) is 0.190. The van der Waals surface area contributed by atoms with Gasteiger partial charge in [-0.15, -0.1) is 0 Å². The normalized spacial score (nSPS) is 14.0. The van der Waals surface area contributed by atoms with Crippen LogP contribution in [0.1, 0.15) is 25.0 Å². The second kappa shape index (κ2) is 10.4. The first kappa shape index (κ1) is 27.9. The SMILES string of the molecule is CC1(C)c2ccccc2-c2ccc3c(c21)c1ccc2c(c1n3-c1nc(-c3ccccc3)nc(-c3ccccc3)n1)Sc1ccccc1S2. The van der Waals surface area contributed by atoms with E-state index in [4.69, 9.17) is 15.0 Å². The van der Waals surface area contributed by atoms with Crippen molar-refractivity contribution in [2.75, 3.05) is 0 Å². The van der Waals surface area contributed by atoms with E-state index < -0.39 is 0 Å². The van der Waals surface area contributed by atoms with Gasteiger partial charge in [-0.2, -0.15) is 9.97 Å². The van der Waals surface area contributed by atoms with Crippen molar-refractivity contribution in [2.24, 2.45) is 0 Å². The zero-order valence-electron chi connectivity index (χ0n) is 26.3. The Labute approximate surface area is 286 Å². The lowest BCUT2D eigenvalue weighted by atomic mass is 9.80. The number of nitrogens with zero attached hydrogens (tertiary/aromatic N) is 4. The molecule has 1 aliphatic heterocycles. The number of benzene rings is 6. The van der Waals surface area contributed by atoms with Gasteiger partial charge < -0.3 is 0 Å². The molecular weight excluding hydrogens is 625 g/mol. The van der Waals surface area contributed by atoms with Crippen molar-refractivity contribution >= 4 is 45.3 Å². The zero-order valence-corrected chi connectivity index (χ0v) is 27.9. The molecular formula is C42H28N4S2. The maximum absolute atomic E-state index is 5.26. The molecule has 2 aliphatic rings. The van der Waals surface area contributed by atoms with Crippen molar-refractivity contribution in [3.05, 3.63) is 145 Å². The van der Waals surface area contributed by atoms with E-state index in [9.17, 15) is 0 Å². The molecule has 3 heterocycles. The molecule has 6 heteroatoms. The van der Waals surface area contributed by atoms with Crippen LogP contribution in [0.15, 0.2) is 153 Å². The summed E-state index contributed by atoms with van der Waals surface area (Å²) < 4.78 is 2.31. The van der Waals surface area contributed by atoms with Crippen LogP contribution in [0.5, 0.6) is 0 Å². The van der Waals surface area contributed by atoms with Crippen molar-refractivity contribution in [3.8, 4) is 39.9 Å². The second-order valence-electron chi connectivity index (χ2n) is 12.8. The van der Waals surface area contributed by atoms with Crippen molar-refractivity contribution < 1.29 is 0 Å². The molecule has 0 bridgehead atoms. The van der Waals surface area contributed by atoms with Crippen molar-refractivity contribution in [1.29, 1.82) is 0 Å². The van der Waals surface area contributed by atoms with Gasteiger partial charge in [0.25, 0.3) is 0 Å². The van der Waals surface area contributed by atoms with Gasteiger partial charge in [0, 0.05) is 42.0 Å². The van der Waals surface area contributed by atoms with Crippen LogP contribution >= 0.6 is 23.5 Å². The van der Waals surface area contributed by atoms with E-state index in [1.807, 2.05) is 59.9 Å². The fraction of sp³-hybridized carbons (Fsp3) is 0.0714. The Kier molecular flexibility index (Phi) is 6.05. The van der Waals surface area contributed by atoms with Crippen LogP contribution in [0.25, 0.3) is 61.7 Å². The highest BCUT2D eigenvalue weighted by Gasteiger charge is 2.39. The lowest BCUT2D eigenvalue weighted by Crippen LogP contribution is -2.15. The maximum Gasteiger partial charge on any atom is 0.238 e. The molecule has 0 saturated carbocycles. The van der Waals surface area contributed by atoms with Crippen molar-refractivity contribution in [3.63, 3.8) is 0 Å². The Hall–Kier alpha value is -5.17. The summed E-state index contributed by atoms with van der Waals surface area (Å²) >= 11 is 3.68. The minimum Gasteiger partial charge on any atom is -0.277 e. The lowest BCUT2D eigenvalue weighted by molar-refractivity contribution is 0.666. The van der Waals surface area contributed by atoms with E-state index in [0.717, 1.165) is 22.2 Å². The second-order valence-corrected chi connectivity index (χ2v) is 15.0. The van der Waals surface area contributed by atoms with Crippen molar-refractivity contribution in [2.45, 2.75) is 38.8 Å².